The van der Waals surface area contributed by atoms with Crippen LogP contribution in [0.3, 0.4) is 0 Å². The van der Waals surface area contributed by atoms with Crippen molar-refractivity contribution in [3.63, 3.8) is 0 Å². The number of nitro benzene ring substituents is 1. The number of nitro groups is 1. The van der Waals surface area contributed by atoms with E-state index in [0.29, 0.717) is 23.8 Å². The van der Waals surface area contributed by atoms with Gasteiger partial charge >= 0.3 is 0 Å². The topological polar surface area (TPSA) is 111 Å². The van der Waals surface area contributed by atoms with E-state index in [0.717, 1.165) is 18.1 Å². The van der Waals surface area contributed by atoms with Gasteiger partial charge in [-0.3, -0.25) is 10.1 Å². The van der Waals surface area contributed by atoms with E-state index < -0.39 is 14.9 Å². The van der Waals surface area contributed by atoms with Crippen LogP contribution in [0.1, 0.15) is 24.4 Å². The lowest BCUT2D eigenvalue weighted by Gasteiger charge is -2.20. The van der Waals surface area contributed by atoms with Crippen LogP contribution in [-0.2, 0) is 10.0 Å². The summed E-state index contributed by atoms with van der Waals surface area (Å²) in [6, 6.07) is 8.89. The average molecular weight is 412 g/mol. The summed E-state index contributed by atoms with van der Waals surface area (Å²) >= 11 is 6.22. The van der Waals surface area contributed by atoms with E-state index in [1.54, 1.807) is 12.1 Å². The first-order valence-electron chi connectivity index (χ1n) is 8.23. The molecule has 0 aliphatic carbocycles. The molecule has 0 saturated heterocycles. The first-order chi connectivity index (χ1) is 12.8. The number of para-hydroxylation sites is 1. The van der Waals surface area contributed by atoms with Gasteiger partial charge < -0.3 is 10.1 Å². The lowest BCUT2D eigenvalue weighted by Crippen LogP contribution is -2.19. The zero-order chi connectivity index (χ0) is 19.6. The third-order valence-electron chi connectivity index (χ3n) is 4.33. The minimum Gasteiger partial charge on any atom is -0.492 e. The molecule has 8 nitrogen and oxygen atoms in total. The number of hydrogen-bond donors (Lipinski definition) is 2. The molecule has 0 fully saturated rings. The highest BCUT2D eigenvalue weighted by molar-refractivity contribution is 7.89. The number of nitrogens with one attached hydrogen (secondary N) is 2. The Morgan fingerprint density at radius 3 is 2.78 bits per heavy atom. The molecule has 1 unspecified atom stereocenters. The largest absolute Gasteiger partial charge is 0.492 e. The highest BCUT2D eigenvalue weighted by Crippen LogP contribution is 2.40. The van der Waals surface area contributed by atoms with Crippen molar-refractivity contribution < 1.29 is 18.1 Å². The molecule has 10 heteroatoms. The summed E-state index contributed by atoms with van der Waals surface area (Å²) in [4.78, 5) is 10.7. The summed E-state index contributed by atoms with van der Waals surface area (Å²) in [6.45, 7) is 0.496. The molecule has 2 aromatic carbocycles. The highest BCUT2D eigenvalue weighted by Gasteiger charge is 2.26. The lowest BCUT2D eigenvalue weighted by molar-refractivity contribution is -0.384. The molecular formula is C17H18ClN3O5S. The molecule has 0 bridgehead atoms. The van der Waals surface area contributed by atoms with E-state index in [4.69, 9.17) is 16.3 Å². The first kappa shape index (κ1) is 19.4. The average Bonchev–Trinajstić information content (AvgIpc) is 2.85. The number of anilines is 1. The second kappa shape index (κ2) is 7.71. The molecule has 0 aromatic heterocycles. The third kappa shape index (κ3) is 4.00. The van der Waals surface area contributed by atoms with Crippen molar-refractivity contribution in [3.05, 3.63) is 57.1 Å². The molecule has 0 spiro atoms. The Hall–Kier alpha value is -2.36. The number of halogens is 1. The van der Waals surface area contributed by atoms with Gasteiger partial charge in [0, 0.05) is 11.6 Å². The Labute approximate surface area is 161 Å². The van der Waals surface area contributed by atoms with Gasteiger partial charge in [0.1, 0.15) is 11.4 Å². The van der Waals surface area contributed by atoms with Crippen molar-refractivity contribution in [2.24, 2.45) is 0 Å². The number of benzene rings is 2. The fourth-order valence-corrected chi connectivity index (χ4v) is 3.96. The number of fused-ring (bicyclic) bond motifs is 1. The van der Waals surface area contributed by atoms with Crippen LogP contribution in [0.15, 0.2) is 41.3 Å². The second-order valence-electron chi connectivity index (χ2n) is 5.99. The van der Waals surface area contributed by atoms with Gasteiger partial charge in [0.05, 0.1) is 27.5 Å². The van der Waals surface area contributed by atoms with Gasteiger partial charge in [-0.15, -0.1) is 0 Å². The van der Waals surface area contributed by atoms with Crippen LogP contribution in [0.5, 0.6) is 5.75 Å². The van der Waals surface area contributed by atoms with Crippen LogP contribution in [0.2, 0.25) is 5.02 Å². The van der Waals surface area contributed by atoms with E-state index in [9.17, 15) is 18.5 Å². The molecule has 1 heterocycles. The maximum Gasteiger partial charge on any atom is 0.293 e. The molecular weight excluding hydrogens is 394 g/mol. The number of nitrogens with zero attached hydrogens (tertiary/aromatic N) is 1. The van der Waals surface area contributed by atoms with Crippen molar-refractivity contribution in [2.45, 2.75) is 23.8 Å². The summed E-state index contributed by atoms with van der Waals surface area (Å²) in [5.74, 6) is 0.561. The number of rotatable bonds is 5. The van der Waals surface area contributed by atoms with E-state index in [1.165, 1.54) is 19.2 Å². The molecule has 3 rings (SSSR count). The molecule has 2 N–H and O–H groups in total. The SMILES string of the molecule is CNS(=O)(=O)c1ccc(NC2CCCOc3c(Cl)cccc32)c([N+](=O)[O-])c1. The maximum absolute atomic E-state index is 11.9. The maximum atomic E-state index is 11.9. The van der Waals surface area contributed by atoms with E-state index >= 15 is 0 Å². The Bertz CT molecular complexity index is 981. The summed E-state index contributed by atoms with van der Waals surface area (Å²) < 4.78 is 31.7. The van der Waals surface area contributed by atoms with Crippen LogP contribution in [0.4, 0.5) is 11.4 Å². The quantitative estimate of drug-likeness (QED) is 0.575. The fraction of sp³-hybridized carbons (Fsp3) is 0.294. The Kier molecular flexibility index (Phi) is 5.54. The van der Waals surface area contributed by atoms with Gasteiger partial charge in [0.25, 0.3) is 5.69 Å². The summed E-state index contributed by atoms with van der Waals surface area (Å²) in [5, 5.41) is 15.1. The smallest absolute Gasteiger partial charge is 0.293 e. The van der Waals surface area contributed by atoms with Crippen molar-refractivity contribution in [2.75, 3.05) is 19.0 Å². The molecule has 2 aromatic rings. The van der Waals surface area contributed by atoms with Crippen molar-refractivity contribution >= 4 is 33.0 Å². The lowest BCUT2D eigenvalue weighted by atomic mass is 10.0. The van der Waals surface area contributed by atoms with Crippen LogP contribution in [0, 0.1) is 10.1 Å². The standard InChI is InChI=1S/C17H18ClN3O5S/c1-19-27(24,25)11-7-8-15(16(10-11)21(22)23)20-14-6-3-9-26-17-12(14)4-2-5-13(17)18/h2,4-5,7-8,10,14,19-20H,3,6,9H2,1H3. The highest BCUT2D eigenvalue weighted by atomic mass is 35.5. The zero-order valence-corrected chi connectivity index (χ0v) is 16.0. The van der Waals surface area contributed by atoms with Gasteiger partial charge in [-0.1, -0.05) is 23.7 Å². The molecule has 0 saturated carbocycles. The Morgan fingerprint density at radius 1 is 1.30 bits per heavy atom. The predicted molar refractivity (Wildman–Crippen MR) is 102 cm³/mol. The Morgan fingerprint density at radius 2 is 2.07 bits per heavy atom. The molecule has 1 atom stereocenters. The molecule has 144 valence electrons. The summed E-state index contributed by atoms with van der Waals surface area (Å²) in [6.07, 6.45) is 1.42. The summed E-state index contributed by atoms with van der Waals surface area (Å²) in [7, 11) is -2.53. The van der Waals surface area contributed by atoms with Crippen LogP contribution in [-0.4, -0.2) is 27.0 Å². The van der Waals surface area contributed by atoms with Gasteiger partial charge in [-0.2, -0.15) is 0 Å². The van der Waals surface area contributed by atoms with E-state index in [2.05, 4.69) is 10.0 Å². The van der Waals surface area contributed by atoms with Gasteiger partial charge in [-0.05, 0) is 38.1 Å². The van der Waals surface area contributed by atoms with Gasteiger partial charge in [0.15, 0.2) is 0 Å². The summed E-state index contributed by atoms with van der Waals surface area (Å²) in [5.41, 5.74) is 0.717. The molecule has 1 aliphatic rings. The van der Waals surface area contributed by atoms with Gasteiger partial charge in [-0.25, -0.2) is 13.1 Å². The molecule has 27 heavy (non-hydrogen) atoms. The van der Waals surface area contributed by atoms with Crippen LogP contribution < -0.4 is 14.8 Å². The molecule has 0 amide bonds. The third-order valence-corrected chi connectivity index (χ3v) is 6.04. The zero-order valence-electron chi connectivity index (χ0n) is 14.4. The second-order valence-corrected chi connectivity index (χ2v) is 8.28. The van der Waals surface area contributed by atoms with E-state index in [-0.39, 0.29) is 22.3 Å². The van der Waals surface area contributed by atoms with Crippen molar-refractivity contribution in [1.82, 2.24) is 4.72 Å². The predicted octanol–water partition coefficient (Wildman–Crippen LogP) is 3.48. The molecule has 1 aliphatic heterocycles. The fourth-order valence-electron chi connectivity index (χ4n) is 2.98. The number of hydrogen-bond acceptors (Lipinski definition) is 6. The number of sulfonamides is 1. The first-order valence-corrected chi connectivity index (χ1v) is 10.1. The van der Waals surface area contributed by atoms with Crippen LogP contribution in [0.25, 0.3) is 0 Å². The molecule has 0 radical (unpaired) electrons. The number of ether oxygens (including phenoxy) is 1. The Balaban J connectivity index is 2.01. The van der Waals surface area contributed by atoms with Gasteiger partial charge in [0.2, 0.25) is 10.0 Å². The normalized spacial score (nSPS) is 16.7. The van der Waals surface area contributed by atoms with E-state index in [1.807, 2.05) is 6.07 Å². The van der Waals surface area contributed by atoms with Crippen molar-refractivity contribution in [1.29, 1.82) is 0 Å². The minimum absolute atomic E-state index is 0.171. The monoisotopic (exact) mass is 411 g/mol. The minimum atomic E-state index is -3.78. The van der Waals surface area contributed by atoms with Crippen molar-refractivity contribution in [3.8, 4) is 5.75 Å². The van der Waals surface area contributed by atoms with Crippen LogP contribution >= 0.6 is 11.6 Å².